The summed E-state index contributed by atoms with van der Waals surface area (Å²) in [6.07, 6.45) is 1.07. The van der Waals surface area contributed by atoms with Crippen LogP contribution in [0, 0.1) is 11.3 Å². The zero-order valence-electron chi connectivity index (χ0n) is 14.6. The average Bonchev–Trinajstić information content (AvgIpc) is 2.96. The molecule has 1 amide bonds. The van der Waals surface area contributed by atoms with E-state index >= 15 is 0 Å². The number of likely N-dealkylation sites (tertiary alicyclic amines) is 1. The second-order valence-electron chi connectivity index (χ2n) is 6.90. The first-order valence-corrected chi connectivity index (χ1v) is 8.77. The van der Waals surface area contributed by atoms with Crippen molar-refractivity contribution in [1.29, 1.82) is 5.41 Å². The number of carboxylic acid groups (broad SMARTS) is 1. The molecule has 140 valence electrons. The Hall–Kier alpha value is -2.61. The molecule has 2 aliphatic rings. The Balaban J connectivity index is 1.54. The van der Waals surface area contributed by atoms with Crippen molar-refractivity contribution >= 4 is 23.6 Å². The molecule has 2 fully saturated rings. The summed E-state index contributed by atoms with van der Waals surface area (Å²) >= 11 is 0. The number of hydrogen-bond acceptors (Lipinski definition) is 5. The molecule has 2 heterocycles. The van der Waals surface area contributed by atoms with Crippen LogP contribution in [-0.4, -0.2) is 60.2 Å². The van der Waals surface area contributed by atoms with Gasteiger partial charge in [0.1, 0.15) is 6.10 Å². The van der Waals surface area contributed by atoms with Crippen molar-refractivity contribution in [2.75, 3.05) is 31.1 Å². The summed E-state index contributed by atoms with van der Waals surface area (Å²) < 4.78 is 5.48. The van der Waals surface area contributed by atoms with Crippen molar-refractivity contribution in [3.05, 3.63) is 29.8 Å². The fraction of sp³-hybridized carbons (Fsp3) is 0.500. The first kappa shape index (κ1) is 18.2. The number of cyclic esters (lactones) is 1. The smallest absolute Gasteiger partial charge is 0.414 e. The van der Waals surface area contributed by atoms with E-state index in [1.807, 2.05) is 24.3 Å². The molecule has 3 rings (SSSR count). The number of ether oxygens (including phenoxy) is 1. The average molecular weight is 360 g/mol. The lowest BCUT2D eigenvalue weighted by atomic mass is 9.97. The first-order chi connectivity index (χ1) is 12.4. The summed E-state index contributed by atoms with van der Waals surface area (Å²) in [5, 5.41) is 16.4. The molecule has 1 atom stereocenters. The second-order valence-corrected chi connectivity index (χ2v) is 6.90. The lowest BCUT2D eigenvalue weighted by Gasteiger charge is -2.31. The maximum atomic E-state index is 12.2. The van der Waals surface area contributed by atoms with Crippen LogP contribution in [-0.2, 0) is 16.0 Å². The van der Waals surface area contributed by atoms with E-state index in [-0.39, 0.29) is 24.0 Å². The molecule has 2 saturated heterocycles. The topological polar surface area (TPSA) is 120 Å². The van der Waals surface area contributed by atoms with Gasteiger partial charge >= 0.3 is 12.1 Å². The zero-order valence-corrected chi connectivity index (χ0v) is 14.6. The van der Waals surface area contributed by atoms with E-state index in [0.717, 1.165) is 11.3 Å². The van der Waals surface area contributed by atoms with Crippen molar-refractivity contribution in [2.24, 2.45) is 11.7 Å². The molecule has 1 aromatic rings. The number of rotatable bonds is 6. The fourth-order valence-corrected chi connectivity index (χ4v) is 3.49. The molecule has 0 spiro atoms. The van der Waals surface area contributed by atoms with Crippen molar-refractivity contribution < 1.29 is 19.4 Å². The van der Waals surface area contributed by atoms with Crippen LogP contribution in [0.1, 0.15) is 18.4 Å². The van der Waals surface area contributed by atoms with Crippen LogP contribution < -0.4 is 10.6 Å². The number of benzene rings is 1. The first-order valence-electron chi connectivity index (χ1n) is 8.77. The van der Waals surface area contributed by atoms with E-state index in [9.17, 15) is 9.59 Å². The van der Waals surface area contributed by atoms with Gasteiger partial charge in [-0.25, -0.2) is 4.79 Å². The maximum absolute atomic E-state index is 12.2. The van der Waals surface area contributed by atoms with E-state index in [0.29, 0.717) is 45.4 Å². The van der Waals surface area contributed by atoms with Gasteiger partial charge in [0.25, 0.3) is 0 Å². The second kappa shape index (κ2) is 7.74. The molecular weight excluding hydrogens is 336 g/mol. The van der Waals surface area contributed by atoms with Crippen LogP contribution in [0.2, 0.25) is 0 Å². The van der Waals surface area contributed by atoms with Crippen LogP contribution in [0.3, 0.4) is 0 Å². The normalized spacial score (nSPS) is 21.6. The van der Waals surface area contributed by atoms with Gasteiger partial charge in [-0.3, -0.25) is 20.0 Å². The number of hydrogen-bond donors (Lipinski definition) is 3. The highest BCUT2D eigenvalue weighted by Crippen LogP contribution is 2.24. The highest BCUT2D eigenvalue weighted by atomic mass is 16.6. The van der Waals surface area contributed by atoms with Crippen LogP contribution in [0.4, 0.5) is 10.5 Å². The van der Waals surface area contributed by atoms with Gasteiger partial charge in [-0.1, -0.05) is 12.1 Å². The van der Waals surface area contributed by atoms with Gasteiger partial charge in [-0.2, -0.15) is 0 Å². The fourth-order valence-electron chi connectivity index (χ4n) is 3.49. The number of amides is 1. The Morgan fingerprint density at radius 1 is 1.27 bits per heavy atom. The molecule has 0 aliphatic carbocycles. The van der Waals surface area contributed by atoms with Crippen LogP contribution in [0.25, 0.3) is 0 Å². The number of carboxylic acids is 1. The molecule has 26 heavy (non-hydrogen) atoms. The number of carbonyl (C=O) groups excluding carboxylic acids is 1. The third-order valence-electron chi connectivity index (χ3n) is 4.92. The van der Waals surface area contributed by atoms with Gasteiger partial charge < -0.3 is 15.6 Å². The lowest BCUT2D eigenvalue weighted by Crippen LogP contribution is -2.41. The molecule has 1 aromatic carbocycles. The largest absolute Gasteiger partial charge is 0.481 e. The number of nitrogens with zero attached hydrogens (tertiary/aromatic N) is 2. The van der Waals surface area contributed by atoms with Crippen molar-refractivity contribution in [3.63, 3.8) is 0 Å². The van der Waals surface area contributed by atoms with E-state index in [2.05, 4.69) is 4.90 Å². The number of nitrogens with one attached hydrogen (secondary N) is 1. The highest BCUT2D eigenvalue weighted by Gasteiger charge is 2.34. The SMILES string of the molecule is N=C(N)Cc1ccc(N2CC(CN3CCC(C(=O)O)CC3)OC2=O)cc1. The quantitative estimate of drug-likeness (QED) is 0.519. The molecule has 0 aromatic heterocycles. The Morgan fingerprint density at radius 2 is 1.92 bits per heavy atom. The molecule has 4 N–H and O–H groups in total. The third-order valence-corrected chi connectivity index (χ3v) is 4.92. The maximum Gasteiger partial charge on any atom is 0.414 e. The Bertz CT molecular complexity index is 683. The molecular formula is C18H24N4O4. The molecule has 8 nitrogen and oxygen atoms in total. The highest BCUT2D eigenvalue weighted by molar-refractivity contribution is 5.89. The van der Waals surface area contributed by atoms with Gasteiger partial charge in [0.05, 0.1) is 18.3 Å². The van der Waals surface area contributed by atoms with E-state index in [4.69, 9.17) is 21.0 Å². The minimum atomic E-state index is -0.726. The lowest BCUT2D eigenvalue weighted by molar-refractivity contribution is -0.143. The molecule has 1 unspecified atom stereocenters. The molecule has 0 saturated carbocycles. The van der Waals surface area contributed by atoms with Gasteiger partial charge in [0, 0.05) is 18.7 Å². The minimum absolute atomic E-state index is 0.102. The van der Waals surface area contributed by atoms with Gasteiger partial charge in [0.15, 0.2) is 0 Å². The summed E-state index contributed by atoms with van der Waals surface area (Å²) in [7, 11) is 0. The monoisotopic (exact) mass is 360 g/mol. The Morgan fingerprint density at radius 3 is 2.50 bits per heavy atom. The molecule has 2 aliphatic heterocycles. The summed E-state index contributed by atoms with van der Waals surface area (Å²) in [5.74, 6) is -0.885. The minimum Gasteiger partial charge on any atom is -0.481 e. The number of piperidine rings is 1. The number of nitrogens with two attached hydrogens (primary N) is 1. The Kier molecular flexibility index (Phi) is 5.41. The van der Waals surface area contributed by atoms with Crippen molar-refractivity contribution in [2.45, 2.75) is 25.4 Å². The molecule has 8 heteroatoms. The summed E-state index contributed by atoms with van der Waals surface area (Å²) in [5.41, 5.74) is 7.08. The summed E-state index contributed by atoms with van der Waals surface area (Å²) in [6.45, 7) is 2.52. The van der Waals surface area contributed by atoms with Gasteiger partial charge in [-0.05, 0) is 43.6 Å². The van der Waals surface area contributed by atoms with Gasteiger partial charge in [0.2, 0.25) is 0 Å². The predicted octanol–water partition coefficient (Wildman–Crippen LogP) is 1.29. The van der Waals surface area contributed by atoms with Crippen molar-refractivity contribution in [3.8, 4) is 0 Å². The predicted molar refractivity (Wildman–Crippen MR) is 96.5 cm³/mol. The number of aliphatic carboxylic acids is 1. The van der Waals surface area contributed by atoms with Crippen molar-refractivity contribution in [1.82, 2.24) is 4.90 Å². The molecule has 0 radical (unpaired) electrons. The number of anilines is 1. The summed E-state index contributed by atoms with van der Waals surface area (Å²) in [4.78, 5) is 27.0. The molecule has 0 bridgehead atoms. The number of carbonyl (C=O) groups is 2. The Labute approximate surface area is 152 Å². The van der Waals surface area contributed by atoms with Crippen LogP contribution in [0.15, 0.2) is 24.3 Å². The van der Waals surface area contributed by atoms with Crippen LogP contribution >= 0.6 is 0 Å². The van der Waals surface area contributed by atoms with E-state index in [1.54, 1.807) is 4.90 Å². The third kappa shape index (κ3) is 4.32. The van der Waals surface area contributed by atoms with Gasteiger partial charge in [-0.15, -0.1) is 0 Å². The van der Waals surface area contributed by atoms with Crippen LogP contribution in [0.5, 0.6) is 0 Å². The number of amidine groups is 1. The standard InChI is InChI=1S/C18H24N4O4/c19-16(20)9-12-1-3-14(4-2-12)22-11-15(26-18(22)25)10-21-7-5-13(6-8-21)17(23)24/h1-4,13,15H,5-11H2,(H3,19,20)(H,23,24). The zero-order chi connectivity index (χ0) is 18.7. The van der Waals surface area contributed by atoms with E-state index < -0.39 is 5.97 Å². The summed E-state index contributed by atoms with van der Waals surface area (Å²) in [6, 6.07) is 7.38. The van der Waals surface area contributed by atoms with E-state index in [1.165, 1.54) is 0 Å².